The second kappa shape index (κ2) is 6.26. The summed E-state index contributed by atoms with van der Waals surface area (Å²) < 4.78 is 4.78. The summed E-state index contributed by atoms with van der Waals surface area (Å²) in [6.45, 7) is 3.69. The van der Waals surface area contributed by atoms with E-state index >= 15 is 0 Å². The van der Waals surface area contributed by atoms with Crippen LogP contribution in [0.1, 0.15) is 39.5 Å². The van der Waals surface area contributed by atoms with Gasteiger partial charge < -0.3 is 4.74 Å². The zero-order valence-corrected chi connectivity index (χ0v) is 9.91. The van der Waals surface area contributed by atoms with Crippen LogP contribution in [0.15, 0.2) is 23.3 Å². The molecular weight excluding hydrogens is 204 g/mol. The molecule has 16 heavy (non-hydrogen) atoms. The zero-order valence-electron chi connectivity index (χ0n) is 9.91. The van der Waals surface area contributed by atoms with Gasteiger partial charge in [-0.2, -0.15) is 0 Å². The fraction of sp³-hybridized carbons (Fsp3) is 0.538. The Morgan fingerprint density at radius 3 is 2.94 bits per heavy atom. The smallest absolute Gasteiger partial charge is 0.302 e. The predicted octanol–water partition coefficient (Wildman–Crippen LogP) is 2.57. The van der Waals surface area contributed by atoms with Crippen LogP contribution in [0.3, 0.4) is 0 Å². The van der Waals surface area contributed by atoms with Crippen molar-refractivity contribution in [1.82, 2.24) is 0 Å². The van der Waals surface area contributed by atoms with Crippen LogP contribution in [0.25, 0.3) is 0 Å². The molecule has 0 atom stereocenters. The largest absolute Gasteiger partial charge is 0.462 e. The summed E-state index contributed by atoms with van der Waals surface area (Å²) in [5.41, 5.74) is 1.95. The minimum absolute atomic E-state index is 0.0678. The molecule has 3 nitrogen and oxygen atoms in total. The first-order valence-electron chi connectivity index (χ1n) is 5.69. The highest BCUT2D eigenvalue weighted by Crippen LogP contribution is 2.25. The van der Waals surface area contributed by atoms with E-state index in [0.717, 1.165) is 31.3 Å². The Morgan fingerprint density at radius 2 is 2.31 bits per heavy atom. The Morgan fingerprint density at radius 1 is 1.56 bits per heavy atom. The van der Waals surface area contributed by atoms with E-state index in [1.807, 2.05) is 0 Å². The van der Waals surface area contributed by atoms with Crippen LogP contribution < -0.4 is 0 Å². The Labute approximate surface area is 96.2 Å². The number of hydrogen-bond donors (Lipinski definition) is 0. The number of unbranched alkanes of at least 4 members (excludes halogenated alkanes) is 1. The Balaban J connectivity index is 2.43. The minimum atomic E-state index is -0.318. The molecule has 0 unspecified atom stereocenters. The lowest BCUT2D eigenvalue weighted by Gasteiger charge is -2.00. The van der Waals surface area contributed by atoms with E-state index in [0.29, 0.717) is 0 Å². The van der Waals surface area contributed by atoms with Crippen molar-refractivity contribution in [1.29, 1.82) is 0 Å². The molecule has 88 valence electrons. The fourth-order valence-corrected chi connectivity index (χ4v) is 1.66. The number of allylic oxidation sites excluding steroid dienone is 3. The van der Waals surface area contributed by atoms with E-state index in [1.54, 1.807) is 12.2 Å². The Kier molecular flexibility index (Phi) is 4.96. The molecule has 0 radical (unpaired) electrons. The Bertz CT molecular complexity index is 337. The van der Waals surface area contributed by atoms with E-state index in [2.05, 4.69) is 6.92 Å². The first-order chi connectivity index (χ1) is 7.63. The van der Waals surface area contributed by atoms with Crippen molar-refractivity contribution in [3.8, 4) is 0 Å². The van der Waals surface area contributed by atoms with Crippen LogP contribution in [-0.2, 0) is 14.3 Å². The standard InChI is InChI=1S/C13H18O3/c1-3-4-5-11-8-12(13(15)9-11)6-7-16-10(2)14/h6,9H,3-5,7-8H2,1-2H3/b12-6+. The van der Waals surface area contributed by atoms with Gasteiger partial charge in [0.25, 0.3) is 0 Å². The van der Waals surface area contributed by atoms with Gasteiger partial charge in [0.1, 0.15) is 6.61 Å². The minimum Gasteiger partial charge on any atom is -0.462 e. The summed E-state index contributed by atoms with van der Waals surface area (Å²) in [6, 6.07) is 0. The molecule has 0 bridgehead atoms. The topological polar surface area (TPSA) is 43.4 Å². The third kappa shape index (κ3) is 4.01. The highest BCUT2D eigenvalue weighted by molar-refractivity contribution is 6.07. The van der Waals surface area contributed by atoms with Crippen molar-refractivity contribution in [2.75, 3.05) is 6.61 Å². The average Bonchev–Trinajstić information content (AvgIpc) is 2.56. The molecule has 0 heterocycles. The molecule has 0 aliphatic heterocycles. The summed E-state index contributed by atoms with van der Waals surface area (Å²) in [5, 5.41) is 0. The summed E-state index contributed by atoms with van der Waals surface area (Å²) in [4.78, 5) is 22.1. The zero-order chi connectivity index (χ0) is 12.0. The van der Waals surface area contributed by atoms with Crippen molar-refractivity contribution in [2.24, 2.45) is 0 Å². The molecule has 0 aromatic heterocycles. The third-order valence-electron chi connectivity index (χ3n) is 2.54. The molecule has 1 rings (SSSR count). The van der Waals surface area contributed by atoms with Gasteiger partial charge in [0.15, 0.2) is 5.78 Å². The number of ketones is 1. The molecule has 0 aromatic rings. The lowest BCUT2D eigenvalue weighted by molar-refractivity contribution is -0.139. The Hall–Kier alpha value is -1.38. The van der Waals surface area contributed by atoms with E-state index in [1.165, 1.54) is 12.5 Å². The monoisotopic (exact) mass is 222 g/mol. The molecule has 3 heteroatoms. The highest BCUT2D eigenvalue weighted by Gasteiger charge is 2.17. The second-order valence-corrected chi connectivity index (χ2v) is 3.98. The number of rotatable bonds is 5. The molecule has 0 amide bonds. The summed E-state index contributed by atoms with van der Waals surface area (Å²) >= 11 is 0. The van der Waals surface area contributed by atoms with Gasteiger partial charge in [0.05, 0.1) is 0 Å². The number of esters is 1. The normalized spacial score (nSPS) is 17.8. The fourth-order valence-electron chi connectivity index (χ4n) is 1.66. The number of carbonyl (C=O) groups is 2. The second-order valence-electron chi connectivity index (χ2n) is 3.98. The first-order valence-corrected chi connectivity index (χ1v) is 5.69. The van der Waals surface area contributed by atoms with Crippen molar-refractivity contribution in [2.45, 2.75) is 39.5 Å². The van der Waals surface area contributed by atoms with Gasteiger partial charge in [0, 0.05) is 12.5 Å². The molecule has 0 spiro atoms. The van der Waals surface area contributed by atoms with Crippen LogP contribution >= 0.6 is 0 Å². The van der Waals surface area contributed by atoms with E-state index in [9.17, 15) is 9.59 Å². The van der Waals surface area contributed by atoms with E-state index in [4.69, 9.17) is 4.74 Å². The van der Waals surface area contributed by atoms with Crippen molar-refractivity contribution >= 4 is 11.8 Å². The van der Waals surface area contributed by atoms with Gasteiger partial charge in [-0.15, -0.1) is 0 Å². The van der Waals surface area contributed by atoms with Crippen molar-refractivity contribution in [3.05, 3.63) is 23.3 Å². The number of ether oxygens (including phenoxy) is 1. The predicted molar refractivity (Wildman–Crippen MR) is 61.9 cm³/mol. The molecule has 0 saturated carbocycles. The molecule has 1 aliphatic carbocycles. The highest BCUT2D eigenvalue weighted by atomic mass is 16.5. The lowest BCUT2D eigenvalue weighted by atomic mass is 10.1. The van der Waals surface area contributed by atoms with Gasteiger partial charge >= 0.3 is 5.97 Å². The van der Waals surface area contributed by atoms with Crippen LogP contribution in [0.4, 0.5) is 0 Å². The van der Waals surface area contributed by atoms with E-state index in [-0.39, 0.29) is 18.4 Å². The first kappa shape index (κ1) is 12.7. The van der Waals surface area contributed by atoms with E-state index < -0.39 is 0 Å². The molecule has 0 saturated heterocycles. The van der Waals surface area contributed by atoms with Gasteiger partial charge in [-0.3, -0.25) is 9.59 Å². The third-order valence-corrected chi connectivity index (χ3v) is 2.54. The van der Waals surface area contributed by atoms with Crippen molar-refractivity contribution < 1.29 is 14.3 Å². The van der Waals surface area contributed by atoms with Crippen LogP contribution in [-0.4, -0.2) is 18.4 Å². The van der Waals surface area contributed by atoms with Gasteiger partial charge in [-0.05, 0) is 31.4 Å². The summed E-state index contributed by atoms with van der Waals surface area (Å²) in [7, 11) is 0. The average molecular weight is 222 g/mol. The summed E-state index contributed by atoms with van der Waals surface area (Å²) in [5.74, 6) is -0.250. The molecule has 0 N–H and O–H groups in total. The SMILES string of the molecule is CCCCC1=CC(=O)/C(=C/COC(C)=O)C1. The van der Waals surface area contributed by atoms with Gasteiger partial charge in [-0.1, -0.05) is 18.9 Å². The van der Waals surface area contributed by atoms with Crippen LogP contribution in [0.5, 0.6) is 0 Å². The molecule has 1 aliphatic rings. The quantitative estimate of drug-likeness (QED) is 0.530. The van der Waals surface area contributed by atoms with Gasteiger partial charge in [-0.25, -0.2) is 0 Å². The summed E-state index contributed by atoms with van der Waals surface area (Å²) in [6.07, 6.45) is 7.40. The maximum Gasteiger partial charge on any atom is 0.302 e. The van der Waals surface area contributed by atoms with Crippen LogP contribution in [0, 0.1) is 0 Å². The molecule has 0 fully saturated rings. The maximum atomic E-state index is 11.5. The molecule has 0 aromatic carbocycles. The van der Waals surface area contributed by atoms with Gasteiger partial charge in [0.2, 0.25) is 0 Å². The maximum absolute atomic E-state index is 11.5. The van der Waals surface area contributed by atoms with Crippen LogP contribution in [0.2, 0.25) is 0 Å². The number of hydrogen-bond acceptors (Lipinski definition) is 3. The van der Waals surface area contributed by atoms with Crippen molar-refractivity contribution in [3.63, 3.8) is 0 Å². The lowest BCUT2D eigenvalue weighted by Crippen LogP contribution is -2.00. The molecular formula is C13H18O3. The number of carbonyl (C=O) groups excluding carboxylic acids is 2.